The molecular weight excluding hydrogens is 228 g/mol. The highest BCUT2D eigenvalue weighted by Crippen LogP contribution is 2.06. The zero-order chi connectivity index (χ0) is 13.4. The van der Waals surface area contributed by atoms with Crippen LogP contribution in [0.1, 0.15) is 18.9 Å². The van der Waals surface area contributed by atoms with Gasteiger partial charge in [-0.2, -0.15) is 0 Å². The SMILES string of the molecule is COCC(C)CC(=O)NCCc1ccc(N)cc1. The third kappa shape index (κ3) is 5.68. The van der Waals surface area contributed by atoms with Crippen LogP contribution in [0.25, 0.3) is 0 Å². The summed E-state index contributed by atoms with van der Waals surface area (Å²) in [6.45, 7) is 3.27. The summed E-state index contributed by atoms with van der Waals surface area (Å²) in [7, 11) is 1.65. The van der Waals surface area contributed by atoms with Gasteiger partial charge in [-0.1, -0.05) is 19.1 Å². The van der Waals surface area contributed by atoms with Crippen LogP contribution in [0.4, 0.5) is 5.69 Å². The van der Waals surface area contributed by atoms with E-state index in [2.05, 4.69) is 5.32 Å². The van der Waals surface area contributed by atoms with E-state index in [1.165, 1.54) is 5.56 Å². The number of methoxy groups -OCH3 is 1. The predicted octanol–water partition coefficient (Wildman–Crippen LogP) is 1.60. The Morgan fingerprint density at radius 2 is 2.06 bits per heavy atom. The molecule has 1 aromatic carbocycles. The standard InChI is InChI=1S/C14H22N2O2/c1-11(10-18-2)9-14(17)16-8-7-12-3-5-13(15)6-4-12/h3-6,11H,7-10,15H2,1-2H3,(H,16,17). The van der Waals surface area contributed by atoms with E-state index in [-0.39, 0.29) is 11.8 Å². The first-order valence-electron chi connectivity index (χ1n) is 6.22. The molecule has 0 radical (unpaired) electrons. The maximum Gasteiger partial charge on any atom is 0.220 e. The number of carbonyl (C=O) groups excluding carboxylic acids is 1. The Bertz CT molecular complexity index is 363. The number of nitrogens with one attached hydrogen (secondary N) is 1. The minimum absolute atomic E-state index is 0.0787. The lowest BCUT2D eigenvalue weighted by atomic mass is 10.1. The van der Waals surface area contributed by atoms with E-state index < -0.39 is 0 Å². The second-order valence-electron chi connectivity index (χ2n) is 4.61. The van der Waals surface area contributed by atoms with E-state index in [1.807, 2.05) is 31.2 Å². The summed E-state index contributed by atoms with van der Waals surface area (Å²) in [6, 6.07) is 7.71. The largest absolute Gasteiger partial charge is 0.399 e. The average molecular weight is 250 g/mol. The molecule has 1 aromatic rings. The molecule has 1 atom stereocenters. The lowest BCUT2D eigenvalue weighted by Gasteiger charge is -2.10. The van der Waals surface area contributed by atoms with Crippen molar-refractivity contribution in [2.45, 2.75) is 19.8 Å². The molecule has 0 bridgehead atoms. The van der Waals surface area contributed by atoms with Gasteiger partial charge in [-0.3, -0.25) is 4.79 Å². The van der Waals surface area contributed by atoms with Crippen molar-refractivity contribution in [3.8, 4) is 0 Å². The summed E-state index contributed by atoms with van der Waals surface area (Å²) in [5.41, 5.74) is 7.54. The zero-order valence-corrected chi connectivity index (χ0v) is 11.1. The average Bonchev–Trinajstić information content (AvgIpc) is 2.32. The zero-order valence-electron chi connectivity index (χ0n) is 11.1. The lowest BCUT2D eigenvalue weighted by molar-refractivity contribution is -0.122. The van der Waals surface area contributed by atoms with Crippen LogP contribution in [0, 0.1) is 5.92 Å². The van der Waals surface area contributed by atoms with Crippen LogP contribution in [-0.2, 0) is 16.0 Å². The molecule has 18 heavy (non-hydrogen) atoms. The second-order valence-corrected chi connectivity index (χ2v) is 4.61. The summed E-state index contributed by atoms with van der Waals surface area (Å²) in [5, 5.41) is 2.91. The Kier molecular flexibility index (Phi) is 6.22. The molecule has 4 heteroatoms. The van der Waals surface area contributed by atoms with Crippen LogP contribution in [-0.4, -0.2) is 26.2 Å². The molecule has 0 saturated carbocycles. The van der Waals surface area contributed by atoms with E-state index >= 15 is 0 Å². The number of ether oxygens (including phenoxy) is 1. The van der Waals surface area contributed by atoms with E-state index in [1.54, 1.807) is 7.11 Å². The molecule has 4 nitrogen and oxygen atoms in total. The van der Waals surface area contributed by atoms with Crippen molar-refractivity contribution in [1.29, 1.82) is 0 Å². The van der Waals surface area contributed by atoms with E-state index in [4.69, 9.17) is 10.5 Å². The van der Waals surface area contributed by atoms with Crippen molar-refractivity contribution in [3.05, 3.63) is 29.8 Å². The molecule has 100 valence electrons. The van der Waals surface area contributed by atoms with Crippen molar-refractivity contribution in [2.24, 2.45) is 5.92 Å². The number of rotatable bonds is 7. The van der Waals surface area contributed by atoms with Gasteiger partial charge in [0.2, 0.25) is 5.91 Å². The van der Waals surface area contributed by atoms with Crippen LogP contribution >= 0.6 is 0 Å². The first-order chi connectivity index (χ1) is 8.61. The molecule has 0 fully saturated rings. The van der Waals surface area contributed by atoms with Gasteiger partial charge < -0.3 is 15.8 Å². The highest BCUT2D eigenvalue weighted by molar-refractivity contribution is 5.76. The van der Waals surface area contributed by atoms with Crippen molar-refractivity contribution in [1.82, 2.24) is 5.32 Å². The topological polar surface area (TPSA) is 64.3 Å². The molecule has 0 spiro atoms. The van der Waals surface area contributed by atoms with Crippen molar-refractivity contribution in [2.75, 3.05) is 26.0 Å². The fourth-order valence-electron chi connectivity index (χ4n) is 1.76. The molecule has 0 heterocycles. The van der Waals surface area contributed by atoms with Crippen molar-refractivity contribution < 1.29 is 9.53 Å². The Morgan fingerprint density at radius 1 is 1.39 bits per heavy atom. The minimum Gasteiger partial charge on any atom is -0.399 e. The van der Waals surface area contributed by atoms with Crippen LogP contribution < -0.4 is 11.1 Å². The van der Waals surface area contributed by atoms with Crippen LogP contribution in [0.15, 0.2) is 24.3 Å². The molecule has 1 rings (SSSR count). The molecule has 1 amide bonds. The third-order valence-electron chi connectivity index (χ3n) is 2.70. The highest BCUT2D eigenvalue weighted by Gasteiger charge is 2.08. The maximum atomic E-state index is 11.6. The number of hydrogen-bond acceptors (Lipinski definition) is 3. The summed E-state index contributed by atoms with van der Waals surface area (Å²) >= 11 is 0. The Hall–Kier alpha value is -1.55. The van der Waals surface area contributed by atoms with E-state index in [9.17, 15) is 4.79 Å². The second kappa shape index (κ2) is 7.71. The van der Waals surface area contributed by atoms with Gasteiger partial charge in [-0.05, 0) is 30.0 Å². The quantitative estimate of drug-likeness (QED) is 0.722. The fraction of sp³-hybridized carbons (Fsp3) is 0.500. The van der Waals surface area contributed by atoms with Gasteiger partial charge in [-0.15, -0.1) is 0 Å². The minimum atomic E-state index is 0.0787. The lowest BCUT2D eigenvalue weighted by Crippen LogP contribution is -2.27. The molecule has 1 unspecified atom stereocenters. The fourth-order valence-corrected chi connectivity index (χ4v) is 1.76. The molecule has 0 aromatic heterocycles. The first-order valence-corrected chi connectivity index (χ1v) is 6.22. The van der Waals surface area contributed by atoms with Crippen LogP contribution in [0.5, 0.6) is 0 Å². The number of nitrogens with two attached hydrogens (primary N) is 1. The predicted molar refractivity (Wildman–Crippen MR) is 73.2 cm³/mol. The summed E-state index contributed by atoms with van der Waals surface area (Å²) < 4.78 is 5.00. The number of carbonyl (C=O) groups is 1. The van der Waals surface area contributed by atoms with Crippen molar-refractivity contribution >= 4 is 11.6 Å². The van der Waals surface area contributed by atoms with Crippen LogP contribution in [0.2, 0.25) is 0 Å². The van der Waals surface area contributed by atoms with Gasteiger partial charge in [0.05, 0.1) is 0 Å². The molecule has 0 aliphatic carbocycles. The van der Waals surface area contributed by atoms with E-state index in [0.717, 1.165) is 12.1 Å². The Balaban J connectivity index is 2.21. The number of amides is 1. The van der Waals surface area contributed by atoms with Gasteiger partial charge in [0.25, 0.3) is 0 Å². The van der Waals surface area contributed by atoms with Gasteiger partial charge >= 0.3 is 0 Å². The molecule has 3 N–H and O–H groups in total. The monoisotopic (exact) mass is 250 g/mol. The molecule has 0 saturated heterocycles. The summed E-state index contributed by atoms with van der Waals surface area (Å²) in [5.74, 6) is 0.335. The molecular formula is C14H22N2O2. The van der Waals surface area contributed by atoms with E-state index in [0.29, 0.717) is 19.6 Å². The molecule has 0 aliphatic heterocycles. The number of benzene rings is 1. The van der Waals surface area contributed by atoms with Gasteiger partial charge in [0, 0.05) is 32.4 Å². The number of hydrogen-bond donors (Lipinski definition) is 2. The summed E-state index contributed by atoms with van der Waals surface area (Å²) in [4.78, 5) is 11.6. The number of nitrogen functional groups attached to an aromatic ring is 1. The third-order valence-corrected chi connectivity index (χ3v) is 2.70. The smallest absolute Gasteiger partial charge is 0.220 e. The maximum absolute atomic E-state index is 11.6. The normalized spacial score (nSPS) is 12.1. The van der Waals surface area contributed by atoms with Gasteiger partial charge in [0.1, 0.15) is 0 Å². The Morgan fingerprint density at radius 3 is 2.67 bits per heavy atom. The summed E-state index contributed by atoms with van der Waals surface area (Å²) in [6.07, 6.45) is 1.33. The number of anilines is 1. The van der Waals surface area contributed by atoms with Gasteiger partial charge in [-0.25, -0.2) is 0 Å². The van der Waals surface area contributed by atoms with Crippen LogP contribution in [0.3, 0.4) is 0 Å². The molecule has 0 aliphatic rings. The first kappa shape index (κ1) is 14.5. The Labute approximate surface area is 109 Å². The van der Waals surface area contributed by atoms with Crippen molar-refractivity contribution in [3.63, 3.8) is 0 Å². The van der Waals surface area contributed by atoms with Gasteiger partial charge in [0.15, 0.2) is 0 Å². The highest BCUT2D eigenvalue weighted by atomic mass is 16.5.